The van der Waals surface area contributed by atoms with E-state index in [9.17, 15) is 14.8 Å². The van der Waals surface area contributed by atoms with E-state index in [1.54, 1.807) is 18.2 Å². The van der Waals surface area contributed by atoms with Crippen LogP contribution >= 0.6 is 0 Å². The van der Waals surface area contributed by atoms with Crippen molar-refractivity contribution >= 4 is 11.5 Å². The summed E-state index contributed by atoms with van der Waals surface area (Å²) in [6.07, 6.45) is 0.641. The van der Waals surface area contributed by atoms with Crippen molar-refractivity contribution in [2.24, 2.45) is 0 Å². The van der Waals surface area contributed by atoms with E-state index in [0.29, 0.717) is 36.6 Å². The maximum Gasteiger partial charge on any atom is 0.142 e. The molecule has 0 radical (unpaired) electrons. The zero-order valence-corrected chi connectivity index (χ0v) is 15.4. The number of furan rings is 1. The summed E-state index contributed by atoms with van der Waals surface area (Å²) >= 11 is 0. The van der Waals surface area contributed by atoms with Gasteiger partial charge in [0.1, 0.15) is 41.4 Å². The van der Waals surface area contributed by atoms with Crippen LogP contribution in [0.2, 0.25) is 0 Å². The van der Waals surface area contributed by atoms with E-state index in [4.69, 9.17) is 10.2 Å². The van der Waals surface area contributed by atoms with E-state index in [-0.39, 0.29) is 23.8 Å². The molecule has 3 N–H and O–H groups in total. The van der Waals surface area contributed by atoms with E-state index >= 15 is 0 Å². The van der Waals surface area contributed by atoms with Gasteiger partial charge >= 0.3 is 0 Å². The molecule has 3 heterocycles. The Kier molecular flexibility index (Phi) is 4.49. The normalized spacial score (nSPS) is 13.3. The molecule has 28 heavy (non-hydrogen) atoms. The second kappa shape index (κ2) is 6.98. The van der Waals surface area contributed by atoms with Crippen LogP contribution in [0.25, 0.3) is 11.3 Å². The van der Waals surface area contributed by atoms with Gasteiger partial charge in [-0.25, -0.2) is 9.37 Å². The van der Waals surface area contributed by atoms with Gasteiger partial charge in [-0.2, -0.15) is 5.26 Å². The van der Waals surface area contributed by atoms with Crippen molar-refractivity contribution in [3.05, 3.63) is 64.3 Å². The zero-order valence-electron chi connectivity index (χ0n) is 15.4. The molecular formula is C21H19FN4O2. The first kappa shape index (κ1) is 18.0. The van der Waals surface area contributed by atoms with Crippen LogP contribution in [0, 0.1) is 24.1 Å². The quantitative estimate of drug-likeness (QED) is 0.725. The van der Waals surface area contributed by atoms with Crippen molar-refractivity contribution in [1.82, 2.24) is 4.98 Å². The molecule has 142 valence electrons. The molecule has 0 bridgehead atoms. The zero-order chi connectivity index (χ0) is 19.8. The van der Waals surface area contributed by atoms with Crippen LogP contribution in [0.4, 0.5) is 15.9 Å². The highest BCUT2D eigenvalue weighted by Crippen LogP contribution is 2.37. The van der Waals surface area contributed by atoms with Gasteiger partial charge in [0, 0.05) is 36.3 Å². The summed E-state index contributed by atoms with van der Waals surface area (Å²) in [7, 11) is 0. The number of pyridine rings is 1. The molecule has 2 aromatic heterocycles. The van der Waals surface area contributed by atoms with Crippen molar-refractivity contribution in [2.45, 2.75) is 26.5 Å². The van der Waals surface area contributed by atoms with E-state index in [1.165, 1.54) is 12.1 Å². The fourth-order valence-corrected chi connectivity index (χ4v) is 3.74. The number of nitrogens with zero attached hydrogens (tertiary/aromatic N) is 3. The molecule has 1 aromatic carbocycles. The first-order valence-corrected chi connectivity index (χ1v) is 8.94. The lowest BCUT2D eigenvalue weighted by Crippen LogP contribution is -2.32. The van der Waals surface area contributed by atoms with Crippen molar-refractivity contribution in [3.8, 4) is 17.4 Å². The Morgan fingerprint density at radius 1 is 1.36 bits per heavy atom. The Labute approximate surface area is 161 Å². The van der Waals surface area contributed by atoms with Crippen molar-refractivity contribution < 1.29 is 13.9 Å². The van der Waals surface area contributed by atoms with Crippen LogP contribution in [-0.2, 0) is 19.6 Å². The Morgan fingerprint density at radius 2 is 2.18 bits per heavy atom. The van der Waals surface area contributed by atoms with E-state index in [2.05, 4.69) is 16.0 Å². The van der Waals surface area contributed by atoms with Crippen molar-refractivity contribution in [1.29, 1.82) is 5.26 Å². The highest BCUT2D eigenvalue weighted by molar-refractivity contribution is 5.77. The lowest BCUT2D eigenvalue weighted by molar-refractivity contribution is 0.248. The molecule has 4 rings (SSSR count). The number of nitrogen functional groups attached to an aromatic ring is 1. The van der Waals surface area contributed by atoms with E-state index in [1.807, 2.05) is 6.92 Å². The largest absolute Gasteiger partial charge is 0.459 e. The molecule has 0 aliphatic carbocycles. The van der Waals surface area contributed by atoms with Gasteiger partial charge in [-0.15, -0.1) is 0 Å². The van der Waals surface area contributed by atoms with Crippen LogP contribution < -0.4 is 10.6 Å². The standard InChI is InChI=1S/C21H19FN4O2/c1-12-8-13(22)2-4-18(12)26-7-6-17-16(10-26)20(15(9-23)21(24)25-17)19-5-3-14(11-27)28-19/h2-5,8,27H,6-7,10-11H2,1H3,(H2,24,25). The van der Waals surface area contributed by atoms with Gasteiger partial charge in [0.15, 0.2) is 0 Å². The first-order valence-electron chi connectivity index (χ1n) is 8.94. The summed E-state index contributed by atoms with van der Waals surface area (Å²) in [5.41, 5.74) is 10.4. The molecule has 0 spiro atoms. The number of fused-ring (bicyclic) bond motifs is 1. The van der Waals surface area contributed by atoms with Crippen LogP contribution in [0.5, 0.6) is 0 Å². The summed E-state index contributed by atoms with van der Waals surface area (Å²) in [6.45, 7) is 2.84. The summed E-state index contributed by atoms with van der Waals surface area (Å²) in [5.74, 6) is 0.783. The monoisotopic (exact) mass is 378 g/mol. The van der Waals surface area contributed by atoms with Gasteiger partial charge in [0.25, 0.3) is 0 Å². The molecule has 3 aromatic rings. The third-order valence-electron chi connectivity index (χ3n) is 5.05. The van der Waals surface area contributed by atoms with Gasteiger partial charge in [0.05, 0.1) is 5.69 Å². The van der Waals surface area contributed by atoms with Gasteiger partial charge in [-0.3, -0.25) is 0 Å². The molecule has 1 aliphatic rings. The Bertz CT molecular complexity index is 1100. The topological polar surface area (TPSA) is 99.3 Å². The molecular weight excluding hydrogens is 359 g/mol. The third-order valence-corrected chi connectivity index (χ3v) is 5.05. The molecule has 0 amide bonds. The molecule has 7 heteroatoms. The van der Waals surface area contributed by atoms with E-state index < -0.39 is 0 Å². The number of aryl methyl sites for hydroxylation is 1. The molecule has 0 unspecified atom stereocenters. The Balaban J connectivity index is 1.85. The number of aliphatic hydroxyl groups is 1. The number of benzene rings is 1. The SMILES string of the molecule is Cc1cc(F)ccc1N1CCc2nc(N)c(C#N)c(-c3ccc(CO)o3)c2C1. The number of halogens is 1. The lowest BCUT2D eigenvalue weighted by atomic mass is 9.93. The highest BCUT2D eigenvalue weighted by atomic mass is 19.1. The molecule has 0 saturated heterocycles. The average molecular weight is 378 g/mol. The number of rotatable bonds is 3. The van der Waals surface area contributed by atoms with Crippen LogP contribution in [-0.4, -0.2) is 16.6 Å². The number of nitriles is 1. The van der Waals surface area contributed by atoms with Gasteiger partial charge < -0.3 is 20.2 Å². The van der Waals surface area contributed by atoms with Gasteiger partial charge in [-0.1, -0.05) is 0 Å². The second-order valence-corrected chi connectivity index (χ2v) is 6.81. The highest BCUT2D eigenvalue weighted by Gasteiger charge is 2.27. The minimum atomic E-state index is -0.271. The average Bonchev–Trinajstić information content (AvgIpc) is 3.15. The Morgan fingerprint density at radius 3 is 2.86 bits per heavy atom. The smallest absolute Gasteiger partial charge is 0.142 e. The number of aromatic nitrogens is 1. The van der Waals surface area contributed by atoms with Crippen LogP contribution in [0.1, 0.15) is 28.1 Å². The Hall–Kier alpha value is -3.37. The number of anilines is 2. The van der Waals surface area contributed by atoms with Gasteiger partial charge in [0.2, 0.25) is 0 Å². The van der Waals surface area contributed by atoms with Crippen LogP contribution in [0.3, 0.4) is 0 Å². The predicted octanol–water partition coefficient (Wildman–Crippen LogP) is 3.30. The minimum Gasteiger partial charge on any atom is -0.459 e. The predicted molar refractivity (Wildman–Crippen MR) is 103 cm³/mol. The number of hydrogen-bond donors (Lipinski definition) is 2. The van der Waals surface area contributed by atoms with Gasteiger partial charge in [-0.05, 0) is 42.8 Å². The number of nitrogens with two attached hydrogens (primary N) is 1. The van der Waals surface area contributed by atoms with Crippen molar-refractivity contribution in [2.75, 3.05) is 17.2 Å². The summed E-state index contributed by atoms with van der Waals surface area (Å²) in [5, 5.41) is 19.0. The minimum absolute atomic E-state index is 0.171. The fraction of sp³-hybridized carbons (Fsp3) is 0.238. The number of hydrogen-bond acceptors (Lipinski definition) is 6. The summed E-state index contributed by atoms with van der Waals surface area (Å²) in [6, 6.07) is 10.3. The summed E-state index contributed by atoms with van der Waals surface area (Å²) in [4.78, 5) is 6.57. The molecule has 6 nitrogen and oxygen atoms in total. The third kappa shape index (κ3) is 2.98. The fourth-order valence-electron chi connectivity index (χ4n) is 3.74. The molecule has 1 aliphatic heterocycles. The number of aliphatic hydroxyl groups excluding tert-OH is 1. The van der Waals surface area contributed by atoms with E-state index in [0.717, 1.165) is 22.5 Å². The van der Waals surface area contributed by atoms with Crippen LogP contribution in [0.15, 0.2) is 34.7 Å². The molecule has 0 fully saturated rings. The second-order valence-electron chi connectivity index (χ2n) is 6.81. The maximum absolute atomic E-state index is 13.5. The lowest BCUT2D eigenvalue weighted by Gasteiger charge is -2.32. The molecule has 0 atom stereocenters. The van der Waals surface area contributed by atoms with Crippen molar-refractivity contribution in [3.63, 3.8) is 0 Å². The molecule has 0 saturated carbocycles. The summed E-state index contributed by atoms with van der Waals surface area (Å²) < 4.78 is 19.2. The first-order chi connectivity index (χ1) is 13.5. The maximum atomic E-state index is 13.5.